The van der Waals surface area contributed by atoms with Gasteiger partial charge in [0.2, 0.25) is 0 Å². The number of aromatic carboxylic acids is 1. The molecule has 0 atom stereocenters. The number of alkyl halides is 3. The first-order valence-electron chi connectivity index (χ1n) is 7.80. The van der Waals surface area contributed by atoms with Crippen LogP contribution in [0.15, 0.2) is 59.0 Å². The predicted octanol–water partition coefficient (Wildman–Crippen LogP) is 4.62. The highest BCUT2D eigenvalue weighted by Gasteiger charge is 2.30. The number of carbonyl (C=O) groups is 2. The van der Waals surface area contributed by atoms with Crippen LogP contribution >= 0.6 is 0 Å². The predicted molar refractivity (Wildman–Crippen MR) is 92.2 cm³/mol. The smallest absolute Gasteiger partial charge is 0.416 e. The first-order valence-corrected chi connectivity index (χ1v) is 7.80. The first kappa shape index (κ1) is 19.0. The van der Waals surface area contributed by atoms with Crippen molar-refractivity contribution in [2.45, 2.75) is 6.18 Å². The Kier molecular flexibility index (Phi) is 4.83. The number of hydrogen-bond donors (Lipinski definition) is 3. The number of carboxylic acid groups (broad SMARTS) is 1. The summed E-state index contributed by atoms with van der Waals surface area (Å²) in [5, 5.41) is 20.9. The number of furan rings is 1. The standard InChI is InChI=1S/C19H12F3NO5/c20-19(21,22)11-3-1-2-10(8-11)15-6-7-16(28-15)17(25)23-12-4-5-13(18(26)27)14(24)9-12/h1-9,24H,(H,23,25)(H,26,27). The topological polar surface area (TPSA) is 99.8 Å². The number of hydrogen-bond acceptors (Lipinski definition) is 4. The average Bonchev–Trinajstić information content (AvgIpc) is 3.11. The monoisotopic (exact) mass is 391 g/mol. The summed E-state index contributed by atoms with van der Waals surface area (Å²) in [4.78, 5) is 23.1. The van der Waals surface area contributed by atoms with Crippen molar-refractivity contribution in [2.24, 2.45) is 0 Å². The van der Waals surface area contributed by atoms with Crippen molar-refractivity contribution in [1.82, 2.24) is 0 Å². The van der Waals surface area contributed by atoms with Gasteiger partial charge in [-0.05, 0) is 36.4 Å². The van der Waals surface area contributed by atoms with Crippen LogP contribution in [0.4, 0.5) is 18.9 Å². The lowest BCUT2D eigenvalue weighted by Crippen LogP contribution is -2.11. The molecule has 144 valence electrons. The highest BCUT2D eigenvalue weighted by atomic mass is 19.4. The molecule has 0 saturated carbocycles. The molecule has 6 nitrogen and oxygen atoms in total. The van der Waals surface area contributed by atoms with E-state index in [2.05, 4.69) is 5.32 Å². The molecule has 9 heteroatoms. The van der Waals surface area contributed by atoms with Gasteiger partial charge in [-0.2, -0.15) is 13.2 Å². The van der Waals surface area contributed by atoms with Crippen molar-refractivity contribution in [3.05, 3.63) is 71.5 Å². The van der Waals surface area contributed by atoms with Crippen LogP contribution in [0.3, 0.4) is 0 Å². The average molecular weight is 391 g/mol. The molecule has 0 aliphatic carbocycles. The van der Waals surface area contributed by atoms with Gasteiger partial charge in [0.05, 0.1) is 5.56 Å². The highest BCUT2D eigenvalue weighted by molar-refractivity contribution is 6.03. The van der Waals surface area contributed by atoms with E-state index in [1.54, 1.807) is 0 Å². The van der Waals surface area contributed by atoms with Gasteiger partial charge in [-0.3, -0.25) is 4.79 Å². The second kappa shape index (κ2) is 7.10. The number of halogens is 3. The molecule has 0 aliphatic heterocycles. The second-order valence-electron chi connectivity index (χ2n) is 5.73. The van der Waals surface area contributed by atoms with Crippen LogP contribution in [0.5, 0.6) is 5.75 Å². The van der Waals surface area contributed by atoms with Gasteiger partial charge in [0.1, 0.15) is 17.1 Å². The quantitative estimate of drug-likeness (QED) is 0.603. The van der Waals surface area contributed by atoms with Gasteiger partial charge in [0.25, 0.3) is 5.91 Å². The zero-order chi connectivity index (χ0) is 20.5. The summed E-state index contributed by atoms with van der Waals surface area (Å²) in [6.07, 6.45) is -4.51. The zero-order valence-electron chi connectivity index (χ0n) is 13.9. The summed E-state index contributed by atoms with van der Waals surface area (Å²) in [5.41, 5.74) is -0.911. The Morgan fingerprint density at radius 3 is 2.39 bits per heavy atom. The molecule has 0 unspecified atom stereocenters. The lowest BCUT2D eigenvalue weighted by molar-refractivity contribution is -0.137. The third-order valence-corrected chi connectivity index (χ3v) is 3.79. The number of carbonyl (C=O) groups excluding carboxylic acids is 1. The third-order valence-electron chi connectivity index (χ3n) is 3.79. The van der Waals surface area contributed by atoms with Crippen molar-refractivity contribution in [3.63, 3.8) is 0 Å². The number of benzene rings is 2. The van der Waals surface area contributed by atoms with Crippen LogP contribution in [0.1, 0.15) is 26.5 Å². The van der Waals surface area contributed by atoms with Gasteiger partial charge in [-0.15, -0.1) is 0 Å². The van der Waals surface area contributed by atoms with E-state index in [-0.39, 0.29) is 28.3 Å². The summed E-state index contributed by atoms with van der Waals surface area (Å²) in [5.74, 6) is -2.68. The van der Waals surface area contributed by atoms with E-state index < -0.39 is 29.4 Å². The van der Waals surface area contributed by atoms with Crippen molar-refractivity contribution >= 4 is 17.6 Å². The maximum Gasteiger partial charge on any atom is 0.416 e. The molecule has 3 rings (SSSR count). The molecule has 3 N–H and O–H groups in total. The number of phenols is 1. The Morgan fingerprint density at radius 2 is 1.75 bits per heavy atom. The Balaban J connectivity index is 1.80. The molecule has 0 saturated heterocycles. The number of amides is 1. The largest absolute Gasteiger partial charge is 0.507 e. The van der Waals surface area contributed by atoms with Gasteiger partial charge < -0.3 is 19.9 Å². The molecule has 0 fully saturated rings. The fourth-order valence-corrected chi connectivity index (χ4v) is 2.45. The van der Waals surface area contributed by atoms with Crippen LogP contribution in [0.25, 0.3) is 11.3 Å². The first-order chi connectivity index (χ1) is 13.1. The molecular weight excluding hydrogens is 379 g/mol. The lowest BCUT2D eigenvalue weighted by Gasteiger charge is -2.07. The second-order valence-corrected chi connectivity index (χ2v) is 5.73. The molecule has 1 heterocycles. The van der Waals surface area contributed by atoms with E-state index in [1.165, 1.54) is 30.3 Å². The molecule has 3 aromatic rings. The molecule has 1 amide bonds. The molecule has 0 bridgehead atoms. The van der Waals surface area contributed by atoms with E-state index in [9.17, 15) is 27.9 Å². The normalized spacial score (nSPS) is 11.2. The zero-order valence-corrected chi connectivity index (χ0v) is 13.9. The minimum Gasteiger partial charge on any atom is -0.507 e. The molecule has 0 aliphatic rings. The van der Waals surface area contributed by atoms with E-state index in [1.807, 2.05) is 0 Å². The Bertz CT molecular complexity index is 1060. The van der Waals surface area contributed by atoms with Crippen molar-refractivity contribution in [2.75, 3.05) is 5.32 Å². The van der Waals surface area contributed by atoms with E-state index in [0.29, 0.717) is 0 Å². The SMILES string of the molecule is O=C(Nc1ccc(C(=O)O)c(O)c1)c1ccc(-c2cccc(C(F)(F)F)c2)o1. The van der Waals surface area contributed by atoms with Crippen molar-refractivity contribution in [3.8, 4) is 17.1 Å². The van der Waals surface area contributed by atoms with Gasteiger partial charge >= 0.3 is 12.1 Å². The van der Waals surface area contributed by atoms with Crippen molar-refractivity contribution in [1.29, 1.82) is 0 Å². The Labute approximate surface area is 155 Å². The fraction of sp³-hybridized carbons (Fsp3) is 0.0526. The molecule has 28 heavy (non-hydrogen) atoms. The van der Waals surface area contributed by atoms with Crippen LogP contribution in [0.2, 0.25) is 0 Å². The molecule has 0 radical (unpaired) electrons. The highest BCUT2D eigenvalue weighted by Crippen LogP contribution is 2.32. The van der Waals surface area contributed by atoms with Gasteiger partial charge in [0, 0.05) is 17.3 Å². The van der Waals surface area contributed by atoms with Gasteiger partial charge in [0.15, 0.2) is 5.76 Å². The van der Waals surface area contributed by atoms with Gasteiger partial charge in [-0.1, -0.05) is 12.1 Å². The summed E-state index contributed by atoms with van der Waals surface area (Å²) in [6, 6.07) is 10.6. The summed E-state index contributed by atoms with van der Waals surface area (Å²) in [7, 11) is 0. The number of anilines is 1. The Hall–Kier alpha value is -3.75. The number of carboxylic acids is 1. The van der Waals surface area contributed by atoms with E-state index in [4.69, 9.17) is 9.52 Å². The maximum atomic E-state index is 12.8. The minimum atomic E-state index is -4.51. The molecule has 0 spiro atoms. The van der Waals surface area contributed by atoms with Gasteiger partial charge in [-0.25, -0.2) is 4.79 Å². The summed E-state index contributed by atoms with van der Waals surface area (Å²) >= 11 is 0. The fourth-order valence-electron chi connectivity index (χ4n) is 2.45. The van der Waals surface area contributed by atoms with Crippen LogP contribution in [-0.2, 0) is 6.18 Å². The van der Waals surface area contributed by atoms with Crippen LogP contribution in [0, 0.1) is 0 Å². The lowest BCUT2D eigenvalue weighted by atomic mass is 10.1. The number of nitrogens with one attached hydrogen (secondary N) is 1. The summed E-state index contributed by atoms with van der Waals surface area (Å²) < 4.78 is 43.8. The third kappa shape index (κ3) is 3.98. The van der Waals surface area contributed by atoms with Crippen molar-refractivity contribution < 1.29 is 37.4 Å². The number of aromatic hydroxyl groups is 1. The van der Waals surface area contributed by atoms with E-state index >= 15 is 0 Å². The summed E-state index contributed by atoms with van der Waals surface area (Å²) in [6.45, 7) is 0. The minimum absolute atomic E-state index is 0.0697. The molecular formula is C19H12F3NO5. The molecule has 2 aromatic carbocycles. The molecule has 1 aromatic heterocycles. The Morgan fingerprint density at radius 1 is 1.00 bits per heavy atom. The van der Waals surface area contributed by atoms with Crippen LogP contribution < -0.4 is 5.32 Å². The van der Waals surface area contributed by atoms with E-state index in [0.717, 1.165) is 24.3 Å². The maximum absolute atomic E-state index is 12.8. The van der Waals surface area contributed by atoms with Crippen LogP contribution in [-0.4, -0.2) is 22.1 Å². The number of rotatable bonds is 4.